The number of morpholine rings is 1. The first-order valence-electron chi connectivity index (χ1n) is 13.4. The molecule has 1 atom stereocenters. The van der Waals surface area contributed by atoms with Crippen LogP contribution in [0.3, 0.4) is 0 Å². The summed E-state index contributed by atoms with van der Waals surface area (Å²) in [6.07, 6.45) is 2.29. The van der Waals surface area contributed by atoms with Crippen LogP contribution in [0.4, 0.5) is 22.0 Å². The summed E-state index contributed by atoms with van der Waals surface area (Å²) in [7, 11) is 2.18. The Hall–Kier alpha value is -3.53. The number of amides is 2. The van der Waals surface area contributed by atoms with Gasteiger partial charge in [0.25, 0.3) is 0 Å². The van der Waals surface area contributed by atoms with E-state index in [0.717, 1.165) is 55.2 Å². The number of likely N-dealkylation sites (tertiary alicyclic amines) is 1. The second-order valence-electron chi connectivity index (χ2n) is 10.1. The van der Waals surface area contributed by atoms with Gasteiger partial charge in [-0.2, -0.15) is 0 Å². The maximum atomic E-state index is 12.4. The molecule has 0 saturated carbocycles. The Kier molecular flexibility index (Phi) is 8.47. The minimum atomic E-state index is -0.286. The van der Waals surface area contributed by atoms with Crippen molar-refractivity contribution in [3.63, 3.8) is 0 Å². The molecule has 0 spiro atoms. The summed E-state index contributed by atoms with van der Waals surface area (Å²) in [6.45, 7) is 7.29. The lowest BCUT2D eigenvalue weighted by Crippen LogP contribution is -2.44. The Balaban J connectivity index is 1.32. The maximum absolute atomic E-state index is 12.4. The predicted molar refractivity (Wildman–Crippen MR) is 152 cm³/mol. The lowest BCUT2D eigenvalue weighted by Gasteiger charge is -2.34. The molecule has 2 fully saturated rings. The molecule has 2 aromatic carbocycles. The van der Waals surface area contributed by atoms with E-state index in [1.807, 2.05) is 54.6 Å². The number of carbonyl (C=O) groups excluding carboxylic acids is 1. The Morgan fingerprint density at radius 3 is 2.39 bits per heavy atom. The minimum absolute atomic E-state index is 0.246. The van der Waals surface area contributed by atoms with Crippen LogP contribution in [0.2, 0.25) is 0 Å². The van der Waals surface area contributed by atoms with Crippen LogP contribution < -0.4 is 20.9 Å². The zero-order chi connectivity index (χ0) is 26.3. The van der Waals surface area contributed by atoms with Gasteiger partial charge in [-0.25, -0.2) is 14.8 Å². The standard InChI is InChI=1S/C29H37N7O2/c1-21-20-38-17-16-36(21)27-18-26(19-30-23-12-14-35(2)15-13-23)31-28(34-27)22-8-10-25(11-9-22)33-29(37)32-24-6-4-3-5-7-24/h3-11,18,21,23,30H,12-17,19-20H2,1-2H3,(H2,32,33,37)/t21-/m0/s1. The van der Waals surface area contributed by atoms with Crippen LogP contribution in [-0.4, -0.2) is 72.9 Å². The van der Waals surface area contributed by atoms with Crippen molar-refractivity contribution in [3.05, 3.63) is 66.4 Å². The van der Waals surface area contributed by atoms with E-state index in [1.165, 1.54) is 0 Å². The van der Waals surface area contributed by atoms with Crippen LogP contribution in [-0.2, 0) is 11.3 Å². The van der Waals surface area contributed by atoms with Crippen molar-refractivity contribution in [1.29, 1.82) is 0 Å². The Bertz CT molecular complexity index is 1200. The van der Waals surface area contributed by atoms with Gasteiger partial charge in [0.15, 0.2) is 5.82 Å². The quantitative estimate of drug-likeness (QED) is 0.434. The van der Waals surface area contributed by atoms with Gasteiger partial charge in [-0.15, -0.1) is 0 Å². The Morgan fingerprint density at radius 1 is 0.974 bits per heavy atom. The topological polar surface area (TPSA) is 94.7 Å². The lowest BCUT2D eigenvalue weighted by molar-refractivity contribution is 0.0985. The fourth-order valence-corrected chi connectivity index (χ4v) is 4.90. The van der Waals surface area contributed by atoms with Crippen molar-refractivity contribution >= 4 is 23.2 Å². The maximum Gasteiger partial charge on any atom is 0.323 e. The Morgan fingerprint density at radius 2 is 1.68 bits per heavy atom. The van der Waals surface area contributed by atoms with Crippen molar-refractivity contribution in [2.45, 2.75) is 38.4 Å². The van der Waals surface area contributed by atoms with E-state index in [2.05, 4.69) is 45.8 Å². The van der Waals surface area contributed by atoms with Gasteiger partial charge in [-0.3, -0.25) is 0 Å². The van der Waals surface area contributed by atoms with Gasteiger partial charge < -0.3 is 30.5 Å². The molecule has 0 unspecified atom stereocenters. The van der Waals surface area contributed by atoms with E-state index in [-0.39, 0.29) is 12.1 Å². The smallest absolute Gasteiger partial charge is 0.323 e. The minimum Gasteiger partial charge on any atom is -0.377 e. The fourth-order valence-electron chi connectivity index (χ4n) is 4.90. The highest BCUT2D eigenvalue weighted by atomic mass is 16.5. The highest BCUT2D eigenvalue weighted by Gasteiger charge is 2.22. The number of hydrogen-bond donors (Lipinski definition) is 3. The van der Waals surface area contributed by atoms with E-state index >= 15 is 0 Å². The molecule has 2 aliphatic heterocycles. The largest absolute Gasteiger partial charge is 0.377 e. The molecule has 9 nitrogen and oxygen atoms in total. The predicted octanol–water partition coefficient (Wildman–Crippen LogP) is 4.20. The summed E-state index contributed by atoms with van der Waals surface area (Å²) in [6, 6.07) is 19.6. The van der Waals surface area contributed by atoms with Crippen LogP contribution >= 0.6 is 0 Å². The zero-order valence-electron chi connectivity index (χ0n) is 22.2. The number of aromatic nitrogens is 2. The summed E-state index contributed by atoms with van der Waals surface area (Å²) in [5.74, 6) is 1.61. The molecule has 2 amide bonds. The van der Waals surface area contributed by atoms with Crippen molar-refractivity contribution in [3.8, 4) is 11.4 Å². The first-order chi connectivity index (χ1) is 18.5. The number of nitrogens with zero attached hydrogens (tertiary/aromatic N) is 4. The molecule has 5 rings (SSSR count). The van der Waals surface area contributed by atoms with E-state index in [9.17, 15) is 4.79 Å². The molecule has 3 heterocycles. The van der Waals surface area contributed by atoms with Crippen molar-refractivity contribution < 1.29 is 9.53 Å². The molecule has 3 aromatic rings. The second-order valence-corrected chi connectivity index (χ2v) is 10.1. The first-order valence-corrected chi connectivity index (χ1v) is 13.4. The number of carbonyl (C=O) groups is 1. The number of ether oxygens (including phenoxy) is 1. The molecule has 9 heteroatoms. The third-order valence-electron chi connectivity index (χ3n) is 7.15. The monoisotopic (exact) mass is 515 g/mol. The molecule has 38 heavy (non-hydrogen) atoms. The number of benzene rings is 2. The molecule has 3 N–H and O–H groups in total. The van der Waals surface area contributed by atoms with Crippen LogP contribution in [0.25, 0.3) is 11.4 Å². The Labute approximate surface area is 224 Å². The SMILES string of the molecule is C[C@H]1COCCN1c1cc(CNC2CCN(C)CC2)nc(-c2ccc(NC(=O)Nc3ccccc3)cc2)n1. The number of rotatable bonds is 7. The van der Waals surface area contributed by atoms with Crippen LogP contribution in [0.5, 0.6) is 0 Å². The number of anilines is 3. The second kappa shape index (κ2) is 12.3. The molecule has 0 aliphatic carbocycles. The number of nitrogens with one attached hydrogen (secondary N) is 3. The summed E-state index contributed by atoms with van der Waals surface area (Å²) in [5, 5.41) is 9.43. The molecule has 0 bridgehead atoms. The van der Waals surface area contributed by atoms with Gasteiger partial charge in [0, 0.05) is 42.1 Å². The molecule has 2 aliphatic rings. The molecule has 1 aromatic heterocycles. The number of piperidine rings is 1. The van der Waals surface area contributed by atoms with Gasteiger partial charge in [-0.05, 0) is 76.3 Å². The van der Waals surface area contributed by atoms with Gasteiger partial charge in [0.2, 0.25) is 0 Å². The fraction of sp³-hybridized carbons (Fsp3) is 0.414. The van der Waals surface area contributed by atoms with Gasteiger partial charge in [0.1, 0.15) is 5.82 Å². The summed E-state index contributed by atoms with van der Waals surface area (Å²) in [5.41, 5.74) is 3.32. The van der Waals surface area contributed by atoms with Crippen molar-refractivity contribution in [2.24, 2.45) is 0 Å². The average Bonchev–Trinajstić information content (AvgIpc) is 2.94. The van der Waals surface area contributed by atoms with Gasteiger partial charge in [-0.1, -0.05) is 18.2 Å². The summed E-state index contributed by atoms with van der Waals surface area (Å²) >= 11 is 0. The van der Waals surface area contributed by atoms with Gasteiger partial charge in [0.05, 0.1) is 24.9 Å². The first kappa shape index (κ1) is 26.1. The van der Waals surface area contributed by atoms with Crippen LogP contribution in [0.1, 0.15) is 25.5 Å². The highest BCUT2D eigenvalue weighted by molar-refractivity contribution is 5.99. The van der Waals surface area contributed by atoms with Crippen LogP contribution in [0.15, 0.2) is 60.7 Å². The van der Waals surface area contributed by atoms with E-state index in [0.29, 0.717) is 37.3 Å². The molecule has 200 valence electrons. The summed E-state index contributed by atoms with van der Waals surface area (Å²) < 4.78 is 5.66. The van der Waals surface area contributed by atoms with E-state index < -0.39 is 0 Å². The highest BCUT2D eigenvalue weighted by Crippen LogP contribution is 2.25. The van der Waals surface area contributed by atoms with E-state index in [4.69, 9.17) is 14.7 Å². The molecular weight excluding hydrogens is 478 g/mol. The third-order valence-corrected chi connectivity index (χ3v) is 7.15. The van der Waals surface area contributed by atoms with Crippen molar-refractivity contribution in [2.75, 3.05) is 55.4 Å². The molecule has 0 radical (unpaired) electrons. The lowest BCUT2D eigenvalue weighted by atomic mass is 10.1. The van der Waals surface area contributed by atoms with Gasteiger partial charge >= 0.3 is 6.03 Å². The van der Waals surface area contributed by atoms with Crippen molar-refractivity contribution in [1.82, 2.24) is 20.2 Å². The van der Waals surface area contributed by atoms with Crippen LogP contribution in [0, 0.1) is 0 Å². The normalized spacial score (nSPS) is 18.8. The number of urea groups is 1. The zero-order valence-corrected chi connectivity index (χ0v) is 22.2. The molecular formula is C29H37N7O2. The molecule has 2 saturated heterocycles. The number of para-hydroxylation sites is 1. The average molecular weight is 516 g/mol. The summed E-state index contributed by atoms with van der Waals surface area (Å²) in [4.78, 5) is 26.9. The third kappa shape index (κ3) is 6.86. The number of hydrogen-bond acceptors (Lipinski definition) is 7. The van der Waals surface area contributed by atoms with E-state index in [1.54, 1.807) is 0 Å².